The van der Waals surface area contributed by atoms with Gasteiger partial charge in [-0.25, -0.2) is 0 Å². The number of rotatable bonds is 5. The molecule has 1 heterocycles. The van der Waals surface area contributed by atoms with Crippen LogP contribution in [0, 0.1) is 0 Å². The molecule has 2 aliphatic rings. The summed E-state index contributed by atoms with van der Waals surface area (Å²) < 4.78 is 0. The normalized spacial score (nSPS) is 24.6. The fraction of sp³-hybridized carbons (Fsp3) is 0.562. The van der Waals surface area contributed by atoms with Gasteiger partial charge in [-0.2, -0.15) is 0 Å². The fourth-order valence-corrected chi connectivity index (χ4v) is 2.99. The Morgan fingerprint density at radius 3 is 2.70 bits per heavy atom. The lowest BCUT2D eigenvalue weighted by Crippen LogP contribution is -2.39. The van der Waals surface area contributed by atoms with E-state index in [1.165, 1.54) is 5.56 Å². The molecule has 1 atom stereocenters. The molecule has 0 spiro atoms. The van der Waals surface area contributed by atoms with E-state index in [2.05, 4.69) is 29.6 Å². The van der Waals surface area contributed by atoms with Gasteiger partial charge in [0.2, 0.25) is 5.91 Å². The molecule has 1 aliphatic heterocycles. The molecule has 2 fully saturated rings. The maximum atomic E-state index is 12.0. The van der Waals surface area contributed by atoms with Gasteiger partial charge in [-0.3, -0.25) is 9.69 Å². The van der Waals surface area contributed by atoms with Crippen molar-refractivity contribution in [2.45, 2.75) is 30.8 Å². The van der Waals surface area contributed by atoms with Gasteiger partial charge in [0, 0.05) is 25.0 Å². The molecule has 1 saturated heterocycles. The Hall–Kier alpha value is -1.39. The smallest absolute Gasteiger partial charge is 0.234 e. The monoisotopic (exact) mass is 274 g/mol. The van der Waals surface area contributed by atoms with Crippen LogP contribution in [0.1, 0.15) is 24.8 Å². The van der Waals surface area contributed by atoms with Crippen LogP contribution < -0.4 is 5.32 Å². The van der Waals surface area contributed by atoms with Gasteiger partial charge in [0.15, 0.2) is 0 Å². The number of carbonyl (C=O) groups is 1. The Labute approximate surface area is 119 Å². The van der Waals surface area contributed by atoms with Crippen LogP contribution in [0.3, 0.4) is 0 Å². The zero-order valence-electron chi connectivity index (χ0n) is 11.7. The van der Waals surface area contributed by atoms with E-state index in [-0.39, 0.29) is 17.4 Å². The number of benzene rings is 1. The van der Waals surface area contributed by atoms with Crippen LogP contribution in [0.2, 0.25) is 0 Å². The van der Waals surface area contributed by atoms with Crippen molar-refractivity contribution < 1.29 is 9.90 Å². The summed E-state index contributed by atoms with van der Waals surface area (Å²) in [5, 5.41) is 12.5. The molecule has 1 saturated carbocycles. The van der Waals surface area contributed by atoms with Crippen molar-refractivity contribution in [2.75, 3.05) is 26.2 Å². The van der Waals surface area contributed by atoms with E-state index in [0.717, 1.165) is 32.4 Å². The number of hydrogen-bond donors (Lipinski definition) is 2. The molecular formula is C16H22N2O2. The summed E-state index contributed by atoms with van der Waals surface area (Å²) in [6.07, 6.45) is 2.82. The van der Waals surface area contributed by atoms with Crippen LogP contribution in [0.25, 0.3) is 0 Å². The predicted molar refractivity (Wildman–Crippen MR) is 77.4 cm³/mol. The third-order valence-electron chi connectivity index (χ3n) is 4.48. The van der Waals surface area contributed by atoms with Crippen molar-refractivity contribution in [3.8, 4) is 0 Å². The summed E-state index contributed by atoms with van der Waals surface area (Å²) in [6, 6.07) is 10.4. The van der Waals surface area contributed by atoms with Gasteiger partial charge in [-0.15, -0.1) is 0 Å². The van der Waals surface area contributed by atoms with E-state index in [1.807, 2.05) is 11.0 Å². The van der Waals surface area contributed by atoms with Gasteiger partial charge >= 0.3 is 0 Å². The molecule has 1 aromatic carbocycles. The number of aliphatic hydroxyl groups is 1. The first kappa shape index (κ1) is 13.6. The first-order valence-corrected chi connectivity index (χ1v) is 7.41. The second-order valence-corrected chi connectivity index (χ2v) is 6.10. The molecule has 2 N–H and O–H groups in total. The Bertz CT molecular complexity index is 471. The molecule has 0 bridgehead atoms. The van der Waals surface area contributed by atoms with Crippen molar-refractivity contribution >= 4 is 5.91 Å². The van der Waals surface area contributed by atoms with Crippen molar-refractivity contribution in [2.24, 2.45) is 0 Å². The molecule has 4 nitrogen and oxygen atoms in total. The standard InChI is InChI=1S/C16H22N2O2/c19-14-6-9-18(10-14)11-15(20)17-12-16(7-8-16)13-4-2-1-3-5-13/h1-5,14,19H,6-12H2,(H,17,20)/t14-/m1/s1. The van der Waals surface area contributed by atoms with Gasteiger partial charge in [-0.05, 0) is 24.8 Å². The van der Waals surface area contributed by atoms with Crippen molar-refractivity contribution in [1.82, 2.24) is 10.2 Å². The summed E-state index contributed by atoms with van der Waals surface area (Å²) in [7, 11) is 0. The molecule has 1 aromatic rings. The maximum Gasteiger partial charge on any atom is 0.234 e. The summed E-state index contributed by atoms with van der Waals surface area (Å²) in [4.78, 5) is 14.0. The number of β-amino-alcohol motifs (C(OH)–C–C–N with tert-alkyl or cyclic N) is 1. The Morgan fingerprint density at radius 1 is 1.35 bits per heavy atom. The number of amides is 1. The third-order valence-corrected chi connectivity index (χ3v) is 4.48. The molecule has 108 valence electrons. The molecule has 0 aromatic heterocycles. The zero-order chi connectivity index (χ0) is 14.0. The first-order valence-electron chi connectivity index (χ1n) is 7.41. The quantitative estimate of drug-likeness (QED) is 0.839. The number of carbonyl (C=O) groups excluding carboxylic acids is 1. The molecule has 0 radical (unpaired) electrons. The number of nitrogens with one attached hydrogen (secondary N) is 1. The predicted octanol–water partition coefficient (Wildman–Crippen LogP) is 0.901. The highest BCUT2D eigenvalue weighted by molar-refractivity contribution is 5.78. The first-order chi connectivity index (χ1) is 9.68. The maximum absolute atomic E-state index is 12.0. The molecular weight excluding hydrogens is 252 g/mol. The highest BCUT2D eigenvalue weighted by atomic mass is 16.3. The van der Waals surface area contributed by atoms with Crippen molar-refractivity contribution in [3.63, 3.8) is 0 Å². The number of hydrogen-bond acceptors (Lipinski definition) is 3. The van der Waals surface area contributed by atoms with Crippen LogP contribution in [0.4, 0.5) is 0 Å². The fourth-order valence-electron chi connectivity index (χ4n) is 2.99. The summed E-state index contributed by atoms with van der Waals surface area (Å²) >= 11 is 0. The van der Waals surface area contributed by atoms with Gasteiger partial charge in [-0.1, -0.05) is 30.3 Å². The lowest BCUT2D eigenvalue weighted by Gasteiger charge is -2.19. The Kier molecular flexibility index (Phi) is 3.76. The molecule has 20 heavy (non-hydrogen) atoms. The number of likely N-dealkylation sites (tertiary alicyclic amines) is 1. The third kappa shape index (κ3) is 3.02. The lowest BCUT2D eigenvalue weighted by atomic mass is 9.96. The second kappa shape index (κ2) is 5.54. The minimum atomic E-state index is -0.262. The average Bonchev–Trinajstić information content (AvgIpc) is 3.15. The van der Waals surface area contributed by atoms with Gasteiger partial charge in [0.05, 0.1) is 12.6 Å². The summed E-state index contributed by atoms with van der Waals surface area (Å²) in [6.45, 7) is 2.57. The van der Waals surface area contributed by atoms with Crippen LogP contribution in [-0.4, -0.2) is 48.2 Å². The van der Waals surface area contributed by atoms with E-state index in [9.17, 15) is 9.90 Å². The minimum Gasteiger partial charge on any atom is -0.392 e. The van der Waals surface area contributed by atoms with Gasteiger partial charge < -0.3 is 10.4 Å². The van der Waals surface area contributed by atoms with E-state index in [1.54, 1.807) is 0 Å². The molecule has 4 heteroatoms. The highest BCUT2D eigenvalue weighted by Gasteiger charge is 2.44. The topological polar surface area (TPSA) is 52.6 Å². The van der Waals surface area contributed by atoms with E-state index < -0.39 is 0 Å². The SMILES string of the molecule is O=C(CN1CC[C@@H](O)C1)NCC1(c2ccccc2)CC1. The largest absolute Gasteiger partial charge is 0.392 e. The molecule has 0 unspecified atom stereocenters. The second-order valence-electron chi connectivity index (χ2n) is 6.10. The average molecular weight is 274 g/mol. The van der Waals surface area contributed by atoms with Gasteiger partial charge in [0.1, 0.15) is 0 Å². The molecule has 1 amide bonds. The number of nitrogens with zero attached hydrogens (tertiary/aromatic N) is 1. The summed E-state index contributed by atoms with van der Waals surface area (Å²) in [5.74, 6) is 0.0707. The highest BCUT2D eigenvalue weighted by Crippen LogP contribution is 2.47. The Morgan fingerprint density at radius 2 is 2.10 bits per heavy atom. The molecule has 1 aliphatic carbocycles. The molecule has 3 rings (SSSR count). The van der Waals surface area contributed by atoms with Crippen molar-refractivity contribution in [3.05, 3.63) is 35.9 Å². The lowest BCUT2D eigenvalue weighted by molar-refractivity contribution is -0.122. The minimum absolute atomic E-state index is 0.0707. The van der Waals surface area contributed by atoms with E-state index >= 15 is 0 Å². The van der Waals surface area contributed by atoms with Crippen LogP contribution in [0.15, 0.2) is 30.3 Å². The van der Waals surface area contributed by atoms with Crippen LogP contribution in [-0.2, 0) is 10.2 Å². The zero-order valence-corrected chi connectivity index (χ0v) is 11.7. The van der Waals surface area contributed by atoms with Crippen LogP contribution >= 0.6 is 0 Å². The van der Waals surface area contributed by atoms with Crippen molar-refractivity contribution in [1.29, 1.82) is 0 Å². The summed E-state index contributed by atoms with van der Waals surface area (Å²) in [5.41, 5.74) is 1.50. The number of aliphatic hydroxyl groups excluding tert-OH is 1. The van der Waals surface area contributed by atoms with Gasteiger partial charge in [0.25, 0.3) is 0 Å². The van der Waals surface area contributed by atoms with E-state index in [0.29, 0.717) is 13.1 Å². The van der Waals surface area contributed by atoms with Crippen LogP contribution in [0.5, 0.6) is 0 Å². The van der Waals surface area contributed by atoms with E-state index in [4.69, 9.17) is 0 Å². The Balaban J connectivity index is 1.49.